The molecule has 0 atom stereocenters. The van der Waals surface area contributed by atoms with E-state index in [2.05, 4.69) is 56.1 Å². The Kier molecular flexibility index (Phi) is 15.0. The Morgan fingerprint density at radius 1 is 0.781 bits per heavy atom. The molecule has 12 nitrogen and oxygen atoms in total. The monoisotopic (exact) mass is 956 g/mol. The van der Waals surface area contributed by atoms with Gasteiger partial charge in [-0.05, 0) is 110 Å². The minimum absolute atomic E-state index is 0. The van der Waals surface area contributed by atoms with Gasteiger partial charge in [0.1, 0.15) is 34.3 Å². The number of hydrogen-bond acceptors (Lipinski definition) is 8. The van der Waals surface area contributed by atoms with Crippen LogP contribution in [0.25, 0.3) is 28.0 Å². The molecule has 15 heteroatoms. The van der Waals surface area contributed by atoms with Crippen LogP contribution >= 0.6 is 15.9 Å². The zero-order chi connectivity index (χ0) is 43.9. The summed E-state index contributed by atoms with van der Waals surface area (Å²) >= 11 is 3.39. The fourth-order valence-corrected chi connectivity index (χ4v) is 8.97. The number of pyridine rings is 2. The molecule has 2 fully saturated rings. The maximum Gasteiger partial charge on any atom is 1.00 e. The summed E-state index contributed by atoms with van der Waals surface area (Å²) in [7, 11) is 3.49. The van der Waals surface area contributed by atoms with Gasteiger partial charge in [0.05, 0.1) is 23.9 Å². The van der Waals surface area contributed by atoms with Crippen LogP contribution in [-0.2, 0) is 43.1 Å². The van der Waals surface area contributed by atoms with Crippen LogP contribution in [-0.4, -0.2) is 57.5 Å². The Bertz CT molecular complexity index is 2830. The molecule has 64 heavy (non-hydrogen) atoms. The number of benzene rings is 2. The van der Waals surface area contributed by atoms with Crippen molar-refractivity contribution in [2.45, 2.75) is 83.2 Å². The maximum absolute atomic E-state index is 12.6. The molecule has 6 aromatic rings. The molecular weight excluding hydrogens is 907 g/mol. The fourth-order valence-electron chi connectivity index (χ4n) is 8.64. The average molecular weight is 958 g/mol. The van der Waals surface area contributed by atoms with Crippen molar-refractivity contribution in [3.8, 4) is 0 Å². The maximum atomic E-state index is 12.6. The summed E-state index contributed by atoms with van der Waals surface area (Å²) in [6.45, 7) is 10.4. The fraction of sp³-hybridized carbons (Fsp3) is 0.306. The van der Waals surface area contributed by atoms with Crippen LogP contribution in [0.2, 0.25) is 0 Å². The molecule has 0 bridgehead atoms. The predicted molar refractivity (Wildman–Crippen MR) is 247 cm³/mol. The number of furan rings is 2. The molecule has 4 aromatic heterocycles. The van der Waals surface area contributed by atoms with E-state index in [9.17, 15) is 19.2 Å². The van der Waals surface area contributed by atoms with E-state index in [4.69, 9.17) is 8.83 Å². The van der Waals surface area contributed by atoms with E-state index in [0.717, 1.165) is 110 Å². The zero-order valence-electron chi connectivity index (χ0n) is 38.0. The van der Waals surface area contributed by atoms with Gasteiger partial charge in [-0.25, -0.2) is 9.97 Å². The van der Waals surface area contributed by atoms with E-state index < -0.39 is 5.41 Å². The molecule has 2 saturated carbocycles. The minimum Gasteiger partial charge on any atom is -1.00 e. The van der Waals surface area contributed by atoms with Gasteiger partial charge in [0, 0.05) is 70.1 Å². The van der Waals surface area contributed by atoms with Crippen LogP contribution in [0.1, 0.15) is 84.9 Å². The molecule has 4 aliphatic rings. The summed E-state index contributed by atoms with van der Waals surface area (Å²) in [6, 6.07) is 18.0. The van der Waals surface area contributed by atoms with Crippen LogP contribution in [0.4, 0.5) is 16.3 Å². The second-order valence-corrected chi connectivity index (χ2v) is 17.6. The van der Waals surface area contributed by atoms with Crippen molar-refractivity contribution in [2.75, 3.05) is 24.7 Å². The third-order valence-corrected chi connectivity index (χ3v) is 13.2. The zero-order valence-corrected chi connectivity index (χ0v) is 41.7. The first-order chi connectivity index (χ1) is 29.7. The largest absolute Gasteiger partial charge is 1.00 e. The molecule has 0 unspecified atom stereocenters. The summed E-state index contributed by atoms with van der Waals surface area (Å²) in [4.78, 5) is 60.0. The van der Waals surface area contributed by atoms with E-state index in [1.54, 1.807) is 48.4 Å². The van der Waals surface area contributed by atoms with Gasteiger partial charge in [0.2, 0.25) is 23.6 Å². The minimum atomic E-state index is -0.411. The van der Waals surface area contributed by atoms with E-state index in [1.165, 1.54) is 11.6 Å². The number of halogens is 2. The molecule has 2 N–H and O–H groups in total. The molecule has 328 valence electrons. The molecule has 6 heterocycles. The van der Waals surface area contributed by atoms with Gasteiger partial charge in [-0.15, -0.1) is 0 Å². The second-order valence-electron chi connectivity index (χ2n) is 16.7. The third kappa shape index (κ3) is 9.20. The third-order valence-electron chi connectivity index (χ3n) is 12.8. The molecule has 4 amide bonds. The van der Waals surface area contributed by atoms with Gasteiger partial charge < -0.3 is 30.7 Å². The molecule has 2 aliphatic carbocycles. The van der Waals surface area contributed by atoms with Gasteiger partial charge in [0.25, 0.3) is 0 Å². The topological polar surface area (TPSA) is 151 Å². The number of anilines is 2. The van der Waals surface area contributed by atoms with E-state index in [0.29, 0.717) is 18.9 Å². The van der Waals surface area contributed by atoms with Crippen molar-refractivity contribution in [2.24, 2.45) is 0 Å². The van der Waals surface area contributed by atoms with Crippen LogP contribution in [0, 0.1) is 20.8 Å². The van der Waals surface area contributed by atoms with Crippen molar-refractivity contribution >= 4 is 79.2 Å². The van der Waals surface area contributed by atoms with Crippen LogP contribution in [0.15, 0.2) is 99.0 Å². The number of carbonyl (C=O) groups is 4. The van der Waals surface area contributed by atoms with Crippen molar-refractivity contribution in [1.82, 2.24) is 19.8 Å². The Labute approximate surface area is 423 Å². The van der Waals surface area contributed by atoms with Crippen LogP contribution < -0.4 is 62.0 Å². The number of carbonyl (C=O) groups excluding carboxylic acids is 4. The number of rotatable bonds is 7. The number of amides is 4. The number of nitrogens with zero attached hydrogens (tertiary/aromatic N) is 4. The van der Waals surface area contributed by atoms with Crippen LogP contribution in [0.3, 0.4) is 0 Å². The number of fused-ring (bicyclic) bond motifs is 6. The normalized spacial score (nSPS) is 15.5. The molecule has 2 aromatic carbocycles. The number of aromatic nitrogens is 2. The summed E-state index contributed by atoms with van der Waals surface area (Å²) in [5.41, 5.74) is 7.25. The van der Waals surface area contributed by atoms with Crippen molar-refractivity contribution in [1.29, 1.82) is 0 Å². The Morgan fingerprint density at radius 2 is 1.31 bits per heavy atom. The van der Waals surface area contributed by atoms with Crippen molar-refractivity contribution < 1.29 is 85.5 Å². The first-order valence-electron chi connectivity index (χ1n) is 20.8. The second kappa shape index (κ2) is 19.8. The number of likely N-dealkylation sites (N-methyl/N-ethyl adjacent to an activating group) is 2. The van der Waals surface area contributed by atoms with E-state index >= 15 is 0 Å². The molecule has 0 radical (unpaired) electrons. The molecule has 10 rings (SSSR count). The quantitative estimate of drug-likeness (QED) is 0.130. The van der Waals surface area contributed by atoms with Crippen LogP contribution in [0.5, 0.6) is 0 Å². The first kappa shape index (κ1) is 48.7. The summed E-state index contributed by atoms with van der Waals surface area (Å²) in [5, 5.41) is 7.92. The predicted octanol–water partition coefficient (Wildman–Crippen LogP) is 6.86. The van der Waals surface area contributed by atoms with Gasteiger partial charge in [-0.3, -0.25) is 23.9 Å². The summed E-state index contributed by atoms with van der Waals surface area (Å²) in [6.07, 6.45) is 13.8. The first-order valence-corrected chi connectivity index (χ1v) is 21.6. The number of nitrogens with one attached hydrogen (secondary N) is 2. The Morgan fingerprint density at radius 3 is 1.88 bits per heavy atom. The molecule has 2 aliphatic heterocycles. The SMILES string of the molecule is C=CC(=O)N(C)Cc1oc2ccc(C)cc2c1C.Cc1c(CN(C)C(=O)/C=C/c2cnc3c(c2)C2(CCC2)C(=O)N3)oc2ccccc12.F.O=C1Nc2ncc(Br)cc2C12CCC2.[H-].[K+]. The molecule has 2 spiro atoms. The molecular formula is C49H51BrFKN6O6. The Balaban J connectivity index is 0.000000194. The average Bonchev–Trinajstić information content (AvgIpc) is 3.92. The summed E-state index contributed by atoms with van der Waals surface area (Å²) < 4.78 is 12.7. The van der Waals surface area contributed by atoms with Crippen molar-refractivity contribution in [3.63, 3.8) is 0 Å². The van der Waals surface area contributed by atoms with Gasteiger partial charge >= 0.3 is 51.4 Å². The smallest absolute Gasteiger partial charge is 1.00 e. The van der Waals surface area contributed by atoms with Gasteiger partial charge in [-0.2, -0.15) is 0 Å². The standard InChI is InChI=1S/C24H23N3O3.C15H17NO2.C10H9BrN2O.FH.K.H/c1-15-17-6-3-4-7-19(17)30-20(15)14-27(2)21(28)9-8-16-12-18-22(25-13-16)26-23(29)24(18)10-5-11-24;1-5-15(17)16(4)9-14-11(3)12-8-10(2)6-7-13(12)18-14;11-6-4-7-8(12-5-6)13-9(14)10(7)2-1-3-10;;;/h3-4,6-9,12-13H,5,10-11,14H2,1-2H3,(H,25,26,29);5-8H,1,9H2,2-4H3;4-5H,1-3H2,(H,12,13,14);1H;;/q;;;;+1;-1/b9-8+;;;;;. The van der Waals surface area contributed by atoms with E-state index in [1.807, 2.05) is 62.4 Å². The summed E-state index contributed by atoms with van der Waals surface area (Å²) in [5.74, 6) is 2.97. The number of aryl methyl sites for hydroxylation is 3. The van der Waals surface area contributed by atoms with Gasteiger partial charge in [0.15, 0.2) is 0 Å². The number of hydrogen-bond donors (Lipinski definition) is 2. The molecule has 0 saturated heterocycles. The van der Waals surface area contributed by atoms with Gasteiger partial charge in [-0.1, -0.05) is 49.2 Å². The van der Waals surface area contributed by atoms with E-state index in [-0.39, 0.29) is 86.6 Å². The van der Waals surface area contributed by atoms with Crippen molar-refractivity contribution in [3.05, 3.63) is 135 Å². The Hall–Kier alpha value is -4.77. The number of para-hydroxylation sites is 1.